The van der Waals surface area contributed by atoms with Gasteiger partial charge in [0.15, 0.2) is 0 Å². The van der Waals surface area contributed by atoms with Crippen molar-refractivity contribution >= 4 is 61.3 Å². The number of allylic oxidation sites excluding steroid dienone is 14. The number of hydrogen-bond acceptors (Lipinski definition) is 1. The Hall–Kier alpha value is -7.22. The second-order valence-electron chi connectivity index (χ2n) is 18.5. The van der Waals surface area contributed by atoms with E-state index < -0.39 is 0 Å². The summed E-state index contributed by atoms with van der Waals surface area (Å²) in [4.78, 5) is 2.41. The molecule has 7 aromatic carbocycles. The van der Waals surface area contributed by atoms with Crippen molar-refractivity contribution in [3.8, 4) is 11.1 Å². The minimum absolute atomic E-state index is 0.0674. The molecule has 0 heterocycles. The van der Waals surface area contributed by atoms with Gasteiger partial charge in [0, 0.05) is 22.5 Å². The van der Waals surface area contributed by atoms with E-state index in [-0.39, 0.29) is 5.41 Å². The zero-order chi connectivity index (χ0) is 47.0. The van der Waals surface area contributed by atoms with Gasteiger partial charge in [0.05, 0.1) is 0 Å². The molecule has 0 aromatic heterocycles. The summed E-state index contributed by atoms with van der Waals surface area (Å²) in [6.45, 7) is 15.0. The van der Waals surface area contributed by atoms with Crippen molar-refractivity contribution in [2.75, 3.05) is 4.90 Å². The van der Waals surface area contributed by atoms with Crippen molar-refractivity contribution in [2.45, 2.75) is 85.0 Å². The van der Waals surface area contributed by atoms with E-state index in [1.807, 2.05) is 12.2 Å². The first kappa shape index (κ1) is 45.9. The van der Waals surface area contributed by atoms with Gasteiger partial charge in [-0.05, 0) is 172 Å². The molecular weight excluding hydrogens is 819 g/mol. The highest BCUT2D eigenvalue weighted by Gasteiger charge is 2.44. The fraction of sp³-hybridized carbons (Fsp3) is 0.194. The minimum atomic E-state index is 0.0674. The van der Waals surface area contributed by atoms with Gasteiger partial charge < -0.3 is 4.90 Å². The molecule has 1 heteroatoms. The Labute approximate surface area is 406 Å². The van der Waals surface area contributed by atoms with Crippen LogP contribution in [0.2, 0.25) is 0 Å². The fourth-order valence-electron chi connectivity index (χ4n) is 11.3. The Balaban J connectivity index is 1.04. The topological polar surface area (TPSA) is 3.24 Å². The van der Waals surface area contributed by atoms with Crippen LogP contribution in [0.5, 0.6) is 0 Å². The Morgan fingerprint density at radius 2 is 1.35 bits per heavy atom. The third kappa shape index (κ3) is 8.99. The molecule has 1 fully saturated rings. The van der Waals surface area contributed by atoms with Crippen molar-refractivity contribution in [1.29, 1.82) is 0 Å². The van der Waals surface area contributed by atoms with Crippen LogP contribution in [0.3, 0.4) is 0 Å². The van der Waals surface area contributed by atoms with Crippen LogP contribution in [0.15, 0.2) is 218 Å². The number of anilines is 1. The normalized spacial score (nSPS) is 15.7. The number of nitrogens with zero attached hydrogens (tertiary/aromatic N) is 1. The van der Waals surface area contributed by atoms with Crippen LogP contribution in [0, 0.1) is 0 Å². The number of benzene rings is 7. The maximum atomic E-state index is 3.97. The van der Waals surface area contributed by atoms with E-state index in [0.717, 1.165) is 12.8 Å². The molecule has 68 heavy (non-hydrogen) atoms. The number of rotatable bonds is 14. The van der Waals surface area contributed by atoms with Crippen LogP contribution >= 0.6 is 0 Å². The third-order valence-electron chi connectivity index (χ3n) is 14.5. The average molecular weight is 884 g/mol. The SMILES string of the molecule is C=C/C=C\C(=C/C)c1c(-c2ccc3cc(/C=C/c4ccc5c(c4)C4(CCCCC4)C(CC=C(/C=C\C)N(/C(C)=C/C=C\CC)c4ccccc4)=C5C)ccc3c2)c2ccccc2c2ccccc12. The number of para-hydroxylation sites is 1. The molecule has 0 bridgehead atoms. The van der Waals surface area contributed by atoms with E-state index in [9.17, 15) is 0 Å². The first-order valence-electron chi connectivity index (χ1n) is 24.9. The molecule has 9 rings (SSSR count). The summed E-state index contributed by atoms with van der Waals surface area (Å²) in [6, 6.07) is 49.7. The molecule has 0 amide bonds. The zero-order valence-electron chi connectivity index (χ0n) is 40.7. The number of fused-ring (bicyclic) bond motifs is 6. The molecule has 1 nitrogen and oxygen atoms in total. The third-order valence-corrected chi connectivity index (χ3v) is 14.5. The Morgan fingerprint density at radius 3 is 2.07 bits per heavy atom. The summed E-state index contributed by atoms with van der Waals surface area (Å²) in [6.07, 6.45) is 34.7. The largest absolute Gasteiger partial charge is 0.315 e. The predicted molar refractivity (Wildman–Crippen MR) is 300 cm³/mol. The van der Waals surface area contributed by atoms with Crippen molar-refractivity contribution in [3.63, 3.8) is 0 Å². The van der Waals surface area contributed by atoms with Crippen molar-refractivity contribution < 1.29 is 0 Å². The predicted octanol–water partition coefficient (Wildman–Crippen LogP) is 19.3. The summed E-state index contributed by atoms with van der Waals surface area (Å²) in [5, 5.41) is 7.52. The molecule has 0 saturated heterocycles. The van der Waals surface area contributed by atoms with Gasteiger partial charge in [-0.3, -0.25) is 0 Å². The number of hydrogen-bond donors (Lipinski definition) is 0. The molecule has 0 N–H and O–H groups in total. The van der Waals surface area contributed by atoms with E-state index >= 15 is 0 Å². The molecule has 0 aliphatic heterocycles. The van der Waals surface area contributed by atoms with E-state index in [4.69, 9.17) is 0 Å². The van der Waals surface area contributed by atoms with Crippen molar-refractivity contribution in [2.24, 2.45) is 0 Å². The van der Waals surface area contributed by atoms with E-state index in [1.54, 1.807) is 5.57 Å². The summed E-state index contributed by atoms with van der Waals surface area (Å²) in [5.74, 6) is 0. The molecule has 1 spiro atoms. The van der Waals surface area contributed by atoms with Crippen LogP contribution in [-0.2, 0) is 5.41 Å². The van der Waals surface area contributed by atoms with Gasteiger partial charge in [-0.2, -0.15) is 0 Å². The standard InChI is InChI=1S/C67H65N/c1-7-11-15-25-48(5)68(57-27-16-13-17-28-57)56(24-9-3)40-42-63-49(6)58-41-36-51(46-64(58)67(63)43-22-14-23-44-67)34-33-50-35-37-54-47-55(39-38-53(54)45-50)66-62-32-21-19-30-60(62)59-29-18-20-31-61(59)65(66)52(10-4)26-12-8-2/h8-13,15-21,24-41,45-47H,2,7,14,22-23,42-44H2,1,3-6H3/b15-11-,24-9-,26-12-,34-33+,48-25+,52-10+,56-40?. The van der Waals surface area contributed by atoms with Gasteiger partial charge >= 0.3 is 0 Å². The van der Waals surface area contributed by atoms with Gasteiger partial charge in [-0.25, -0.2) is 0 Å². The molecule has 2 aliphatic carbocycles. The second kappa shape index (κ2) is 20.7. The first-order chi connectivity index (χ1) is 33.4. The van der Waals surface area contributed by atoms with E-state index in [1.165, 1.54) is 132 Å². The molecule has 0 radical (unpaired) electrons. The lowest BCUT2D eigenvalue weighted by Gasteiger charge is -2.38. The first-order valence-corrected chi connectivity index (χ1v) is 24.9. The van der Waals surface area contributed by atoms with Gasteiger partial charge in [-0.1, -0.05) is 208 Å². The van der Waals surface area contributed by atoms with Gasteiger partial charge in [-0.15, -0.1) is 0 Å². The monoisotopic (exact) mass is 884 g/mol. The fourth-order valence-corrected chi connectivity index (χ4v) is 11.3. The van der Waals surface area contributed by atoms with Gasteiger partial charge in [0.25, 0.3) is 0 Å². The van der Waals surface area contributed by atoms with Crippen LogP contribution in [-0.4, -0.2) is 0 Å². The zero-order valence-corrected chi connectivity index (χ0v) is 40.7. The van der Waals surface area contributed by atoms with E-state index in [0.29, 0.717) is 0 Å². The van der Waals surface area contributed by atoms with Crippen LogP contribution in [0.25, 0.3) is 66.7 Å². The van der Waals surface area contributed by atoms with Crippen molar-refractivity contribution in [1.82, 2.24) is 0 Å². The summed E-state index contributed by atoms with van der Waals surface area (Å²) in [7, 11) is 0. The highest BCUT2D eigenvalue weighted by atomic mass is 15.1. The Morgan fingerprint density at radius 1 is 0.691 bits per heavy atom. The molecule has 338 valence electrons. The Bertz CT molecular complexity index is 3260. The molecule has 0 atom stereocenters. The second-order valence-corrected chi connectivity index (χ2v) is 18.5. The smallest absolute Gasteiger partial charge is 0.0458 e. The highest BCUT2D eigenvalue weighted by Crippen LogP contribution is 2.55. The molecule has 1 saturated carbocycles. The van der Waals surface area contributed by atoms with Crippen LogP contribution in [0.1, 0.15) is 107 Å². The molecular formula is C67H65N. The van der Waals surface area contributed by atoms with Gasteiger partial charge in [0.1, 0.15) is 0 Å². The van der Waals surface area contributed by atoms with Crippen LogP contribution < -0.4 is 4.90 Å². The van der Waals surface area contributed by atoms with Crippen molar-refractivity contribution in [3.05, 3.63) is 246 Å². The quantitative estimate of drug-likeness (QED) is 0.0598. The molecule has 0 unspecified atom stereocenters. The summed E-state index contributed by atoms with van der Waals surface area (Å²) >= 11 is 0. The average Bonchev–Trinajstić information content (AvgIpc) is 3.59. The Kier molecular flexibility index (Phi) is 14.0. The molecule has 7 aromatic rings. The van der Waals surface area contributed by atoms with E-state index in [2.05, 4.69) is 240 Å². The lowest BCUT2D eigenvalue weighted by molar-refractivity contribution is 0.341. The lowest BCUT2D eigenvalue weighted by atomic mass is 9.66. The van der Waals surface area contributed by atoms with Crippen LogP contribution in [0.4, 0.5) is 5.69 Å². The highest BCUT2D eigenvalue weighted by molar-refractivity contribution is 6.20. The molecule has 2 aliphatic rings. The summed E-state index contributed by atoms with van der Waals surface area (Å²) in [5.41, 5.74) is 17.1. The summed E-state index contributed by atoms with van der Waals surface area (Å²) < 4.78 is 0. The maximum absolute atomic E-state index is 3.97. The maximum Gasteiger partial charge on any atom is 0.0458 e. The minimum Gasteiger partial charge on any atom is -0.315 e. The lowest BCUT2D eigenvalue weighted by Crippen LogP contribution is -2.29. The van der Waals surface area contributed by atoms with Gasteiger partial charge in [0.2, 0.25) is 0 Å².